The number of ether oxygens (including phenoxy) is 1. The van der Waals surface area contributed by atoms with Gasteiger partial charge >= 0.3 is 6.18 Å². The lowest BCUT2D eigenvalue weighted by atomic mass is 10.2. The van der Waals surface area contributed by atoms with Crippen LogP contribution in [0.3, 0.4) is 0 Å². The number of benzene rings is 1. The van der Waals surface area contributed by atoms with E-state index in [1.54, 1.807) is 30.3 Å². The van der Waals surface area contributed by atoms with Gasteiger partial charge in [-0.15, -0.1) is 0 Å². The van der Waals surface area contributed by atoms with Crippen molar-refractivity contribution in [3.05, 3.63) is 57.7 Å². The molecule has 0 radical (unpaired) electrons. The first kappa shape index (κ1) is 15.3. The highest BCUT2D eigenvalue weighted by atomic mass is 79.9. The van der Waals surface area contributed by atoms with E-state index in [-0.39, 0.29) is 18.1 Å². The minimum Gasteiger partial charge on any atom is -0.472 e. The Balaban J connectivity index is 2.22. The quantitative estimate of drug-likeness (QED) is 0.822. The van der Waals surface area contributed by atoms with E-state index in [0.717, 1.165) is 22.2 Å². The maximum atomic E-state index is 12.6. The van der Waals surface area contributed by atoms with Crippen LogP contribution < -0.4 is 4.74 Å². The minimum absolute atomic E-state index is 0.0241. The molecular formula is C14H8BrF3N2O. The van der Waals surface area contributed by atoms with Crippen LogP contribution in [0, 0.1) is 11.3 Å². The molecule has 21 heavy (non-hydrogen) atoms. The molecule has 2 aromatic rings. The summed E-state index contributed by atoms with van der Waals surface area (Å²) in [6.45, 7) is 0.0241. The van der Waals surface area contributed by atoms with E-state index in [2.05, 4.69) is 20.9 Å². The molecule has 0 atom stereocenters. The second kappa shape index (κ2) is 6.14. The van der Waals surface area contributed by atoms with Crippen LogP contribution in [0.5, 0.6) is 5.88 Å². The molecule has 2 rings (SSSR count). The first-order valence-electron chi connectivity index (χ1n) is 5.76. The first-order chi connectivity index (χ1) is 9.90. The van der Waals surface area contributed by atoms with E-state index in [9.17, 15) is 13.2 Å². The Morgan fingerprint density at radius 2 is 1.81 bits per heavy atom. The maximum absolute atomic E-state index is 12.6. The molecule has 0 aliphatic carbocycles. The largest absolute Gasteiger partial charge is 0.472 e. The van der Waals surface area contributed by atoms with E-state index in [4.69, 9.17) is 10.00 Å². The molecule has 3 nitrogen and oxygen atoms in total. The SMILES string of the molecule is N#Cc1ccc(C(F)(F)F)nc1OCc1ccc(Br)cc1. The van der Waals surface area contributed by atoms with Gasteiger partial charge < -0.3 is 4.74 Å². The molecule has 0 fully saturated rings. The number of rotatable bonds is 3. The first-order valence-corrected chi connectivity index (χ1v) is 6.55. The lowest BCUT2D eigenvalue weighted by Crippen LogP contribution is -2.10. The van der Waals surface area contributed by atoms with E-state index < -0.39 is 11.9 Å². The zero-order valence-corrected chi connectivity index (χ0v) is 12.1. The molecule has 0 aliphatic heterocycles. The van der Waals surface area contributed by atoms with Crippen molar-refractivity contribution in [1.29, 1.82) is 5.26 Å². The Hall–Kier alpha value is -2.07. The zero-order chi connectivity index (χ0) is 15.5. The van der Waals surface area contributed by atoms with Gasteiger partial charge in [0.05, 0.1) is 0 Å². The summed E-state index contributed by atoms with van der Waals surface area (Å²) in [4.78, 5) is 3.37. The number of hydrogen-bond donors (Lipinski definition) is 0. The predicted octanol–water partition coefficient (Wildman–Crippen LogP) is 4.31. The molecule has 0 saturated carbocycles. The van der Waals surface area contributed by atoms with Crippen LogP contribution in [0.15, 0.2) is 40.9 Å². The van der Waals surface area contributed by atoms with Crippen LogP contribution in [0.1, 0.15) is 16.8 Å². The van der Waals surface area contributed by atoms with Gasteiger partial charge in [0.1, 0.15) is 23.9 Å². The summed E-state index contributed by atoms with van der Waals surface area (Å²) in [5, 5.41) is 8.89. The summed E-state index contributed by atoms with van der Waals surface area (Å²) < 4.78 is 43.9. The minimum atomic E-state index is -4.58. The van der Waals surface area contributed by atoms with Crippen molar-refractivity contribution < 1.29 is 17.9 Å². The molecule has 108 valence electrons. The van der Waals surface area contributed by atoms with Gasteiger partial charge in [0.2, 0.25) is 5.88 Å². The van der Waals surface area contributed by atoms with Crippen molar-refractivity contribution in [2.45, 2.75) is 12.8 Å². The summed E-state index contributed by atoms with van der Waals surface area (Å²) in [5.41, 5.74) is -0.381. The topological polar surface area (TPSA) is 45.9 Å². The fraction of sp³-hybridized carbons (Fsp3) is 0.143. The summed E-state index contributed by atoms with van der Waals surface area (Å²) in [5.74, 6) is -0.324. The van der Waals surface area contributed by atoms with Crippen molar-refractivity contribution in [3.63, 3.8) is 0 Å². The lowest BCUT2D eigenvalue weighted by molar-refractivity contribution is -0.141. The molecule has 1 heterocycles. The van der Waals surface area contributed by atoms with Gasteiger partial charge in [-0.25, -0.2) is 4.98 Å². The summed E-state index contributed by atoms with van der Waals surface area (Å²) in [6, 6.07) is 10.6. The van der Waals surface area contributed by atoms with Crippen molar-refractivity contribution >= 4 is 15.9 Å². The van der Waals surface area contributed by atoms with Gasteiger partial charge in [-0.2, -0.15) is 18.4 Å². The number of alkyl halides is 3. The molecule has 0 bridgehead atoms. The van der Waals surface area contributed by atoms with Crippen molar-refractivity contribution in [3.8, 4) is 11.9 Å². The van der Waals surface area contributed by atoms with Crippen LogP contribution in [0.4, 0.5) is 13.2 Å². The fourth-order valence-corrected chi connectivity index (χ4v) is 1.79. The average molecular weight is 357 g/mol. The molecule has 0 unspecified atom stereocenters. The zero-order valence-electron chi connectivity index (χ0n) is 10.5. The van der Waals surface area contributed by atoms with Crippen LogP contribution in [0.25, 0.3) is 0 Å². The van der Waals surface area contributed by atoms with E-state index >= 15 is 0 Å². The number of halogens is 4. The van der Waals surface area contributed by atoms with Gasteiger partial charge in [-0.05, 0) is 29.8 Å². The average Bonchev–Trinajstić information content (AvgIpc) is 2.45. The van der Waals surface area contributed by atoms with Crippen LogP contribution >= 0.6 is 15.9 Å². The van der Waals surface area contributed by atoms with Gasteiger partial charge in [0.15, 0.2) is 0 Å². The second-order valence-electron chi connectivity index (χ2n) is 4.07. The lowest BCUT2D eigenvalue weighted by Gasteiger charge is -2.10. The highest BCUT2D eigenvalue weighted by Gasteiger charge is 2.33. The molecule has 0 aliphatic rings. The normalized spacial score (nSPS) is 11.0. The van der Waals surface area contributed by atoms with Crippen LogP contribution in [0.2, 0.25) is 0 Å². The van der Waals surface area contributed by atoms with Crippen molar-refractivity contribution in [2.24, 2.45) is 0 Å². The van der Waals surface area contributed by atoms with Gasteiger partial charge in [-0.1, -0.05) is 28.1 Å². The van der Waals surface area contributed by atoms with E-state index in [1.165, 1.54) is 0 Å². The third-order valence-corrected chi connectivity index (χ3v) is 3.09. The summed E-state index contributed by atoms with van der Waals surface area (Å²) in [6.07, 6.45) is -4.58. The molecule has 0 N–H and O–H groups in total. The third-order valence-electron chi connectivity index (χ3n) is 2.56. The Kier molecular flexibility index (Phi) is 4.48. The Bertz CT molecular complexity index is 678. The number of pyridine rings is 1. The van der Waals surface area contributed by atoms with Crippen LogP contribution in [-0.4, -0.2) is 4.98 Å². The van der Waals surface area contributed by atoms with Crippen molar-refractivity contribution in [2.75, 3.05) is 0 Å². The van der Waals surface area contributed by atoms with Crippen molar-refractivity contribution in [1.82, 2.24) is 4.98 Å². The summed E-state index contributed by atoms with van der Waals surface area (Å²) >= 11 is 3.27. The van der Waals surface area contributed by atoms with Gasteiger partial charge in [0.25, 0.3) is 0 Å². The predicted molar refractivity (Wildman–Crippen MR) is 72.4 cm³/mol. The highest BCUT2D eigenvalue weighted by molar-refractivity contribution is 9.10. The fourth-order valence-electron chi connectivity index (χ4n) is 1.53. The molecule has 0 amide bonds. The Labute approximate surface area is 127 Å². The molecule has 7 heteroatoms. The Morgan fingerprint density at radius 3 is 2.38 bits per heavy atom. The van der Waals surface area contributed by atoms with E-state index in [0.29, 0.717) is 0 Å². The smallest absolute Gasteiger partial charge is 0.433 e. The highest BCUT2D eigenvalue weighted by Crippen LogP contribution is 2.30. The van der Waals surface area contributed by atoms with Gasteiger partial charge in [-0.3, -0.25) is 0 Å². The summed E-state index contributed by atoms with van der Waals surface area (Å²) in [7, 11) is 0. The standard InChI is InChI=1S/C14H8BrF3N2O/c15-11-4-1-9(2-5-11)8-21-13-10(7-19)3-6-12(20-13)14(16,17)18/h1-6H,8H2. The third kappa shape index (κ3) is 3.95. The number of aromatic nitrogens is 1. The molecule has 1 aromatic carbocycles. The van der Waals surface area contributed by atoms with E-state index in [1.807, 2.05) is 0 Å². The molecular weight excluding hydrogens is 349 g/mol. The number of nitrogens with zero attached hydrogens (tertiary/aromatic N) is 2. The van der Waals surface area contributed by atoms with Gasteiger partial charge in [0, 0.05) is 4.47 Å². The molecule has 1 aromatic heterocycles. The van der Waals surface area contributed by atoms with Crippen LogP contribution in [-0.2, 0) is 12.8 Å². The monoisotopic (exact) mass is 356 g/mol. The number of nitriles is 1. The Morgan fingerprint density at radius 1 is 1.14 bits per heavy atom. The number of hydrogen-bond acceptors (Lipinski definition) is 3. The maximum Gasteiger partial charge on any atom is 0.433 e. The molecule has 0 spiro atoms. The molecule has 0 saturated heterocycles. The second-order valence-corrected chi connectivity index (χ2v) is 4.99.